The van der Waals surface area contributed by atoms with Crippen LogP contribution in [0, 0.1) is 0 Å². The fraction of sp³-hybridized carbons (Fsp3) is 0.455. The third-order valence-corrected chi connectivity index (χ3v) is 6.55. The van der Waals surface area contributed by atoms with Gasteiger partial charge in [-0.15, -0.1) is 11.3 Å². The van der Waals surface area contributed by atoms with Crippen molar-refractivity contribution in [2.24, 2.45) is 0 Å². The fourth-order valence-corrected chi connectivity index (χ4v) is 5.16. The van der Waals surface area contributed by atoms with E-state index in [1.54, 1.807) is 11.3 Å². The van der Waals surface area contributed by atoms with E-state index in [1.807, 2.05) is 0 Å². The third-order valence-electron chi connectivity index (χ3n) is 5.51. The highest BCUT2D eigenvalue weighted by molar-refractivity contribution is 7.17. The molecule has 2 aromatic heterocycles. The van der Waals surface area contributed by atoms with Gasteiger partial charge in [-0.05, 0) is 67.3 Å². The summed E-state index contributed by atoms with van der Waals surface area (Å²) in [6.45, 7) is 6.32. The van der Waals surface area contributed by atoms with E-state index >= 15 is 0 Å². The smallest absolute Gasteiger partial charge is 0.225 e. The number of anilines is 1. The lowest BCUT2D eigenvalue weighted by molar-refractivity contribution is 0.686. The number of unbranched alkanes of at least 4 members (excludes halogenated alkanes) is 1. The van der Waals surface area contributed by atoms with Gasteiger partial charge in [0.2, 0.25) is 5.28 Å². The van der Waals surface area contributed by atoms with Gasteiger partial charge in [-0.3, -0.25) is 0 Å². The van der Waals surface area contributed by atoms with Gasteiger partial charge < -0.3 is 4.90 Å². The molecule has 0 saturated heterocycles. The van der Waals surface area contributed by atoms with Crippen molar-refractivity contribution in [2.75, 3.05) is 18.0 Å². The van der Waals surface area contributed by atoms with Gasteiger partial charge in [0.25, 0.3) is 0 Å². The summed E-state index contributed by atoms with van der Waals surface area (Å²) < 4.78 is 0. The van der Waals surface area contributed by atoms with Gasteiger partial charge in [0, 0.05) is 24.0 Å². The Kier molecular flexibility index (Phi) is 5.65. The molecule has 0 aliphatic heterocycles. The van der Waals surface area contributed by atoms with Crippen LogP contribution in [0.4, 0.5) is 5.82 Å². The molecule has 142 valence electrons. The zero-order valence-corrected chi connectivity index (χ0v) is 17.7. The Bertz CT molecular complexity index is 950. The fourth-order valence-electron chi connectivity index (χ4n) is 4.00. The maximum absolute atomic E-state index is 6.27. The van der Waals surface area contributed by atoms with Crippen molar-refractivity contribution in [3.63, 3.8) is 0 Å². The largest absolute Gasteiger partial charge is 0.356 e. The van der Waals surface area contributed by atoms with Gasteiger partial charge in [-0.25, -0.2) is 4.98 Å². The molecule has 1 aromatic carbocycles. The van der Waals surface area contributed by atoms with Gasteiger partial charge in [0.1, 0.15) is 10.6 Å². The van der Waals surface area contributed by atoms with Gasteiger partial charge >= 0.3 is 0 Å². The average molecular weight is 400 g/mol. The Morgan fingerprint density at radius 1 is 1.11 bits per heavy atom. The lowest BCUT2D eigenvalue weighted by Gasteiger charge is -2.23. The first-order chi connectivity index (χ1) is 13.2. The Balaban J connectivity index is 1.84. The first kappa shape index (κ1) is 18.7. The van der Waals surface area contributed by atoms with Gasteiger partial charge in [0.15, 0.2) is 0 Å². The zero-order valence-electron chi connectivity index (χ0n) is 16.1. The van der Waals surface area contributed by atoms with Crippen LogP contribution in [0.2, 0.25) is 5.28 Å². The maximum Gasteiger partial charge on any atom is 0.225 e. The molecule has 3 nitrogen and oxygen atoms in total. The number of hydrogen-bond donors (Lipinski definition) is 0. The van der Waals surface area contributed by atoms with Crippen LogP contribution in [-0.4, -0.2) is 23.1 Å². The molecule has 2 heterocycles. The molecule has 1 aliphatic carbocycles. The lowest BCUT2D eigenvalue weighted by Crippen LogP contribution is -2.25. The molecule has 0 radical (unpaired) electrons. The molecule has 0 bridgehead atoms. The minimum atomic E-state index is 0.339. The highest BCUT2D eigenvalue weighted by Crippen LogP contribution is 2.40. The van der Waals surface area contributed by atoms with Crippen molar-refractivity contribution in [3.8, 4) is 11.1 Å². The molecule has 0 atom stereocenters. The molecule has 5 heteroatoms. The Labute approximate surface area is 170 Å². The van der Waals surface area contributed by atoms with Crippen molar-refractivity contribution < 1.29 is 0 Å². The highest BCUT2D eigenvalue weighted by Gasteiger charge is 2.19. The quantitative estimate of drug-likeness (QED) is 0.442. The van der Waals surface area contributed by atoms with Crippen LogP contribution in [0.3, 0.4) is 0 Å². The normalized spacial score (nSPS) is 13.7. The summed E-state index contributed by atoms with van der Waals surface area (Å²) in [6, 6.07) is 6.97. The number of benzene rings is 1. The predicted molar refractivity (Wildman–Crippen MR) is 117 cm³/mol. The number of fused-ring (bicyclic) bond motifs is 2. The van der Waals surface area contributed by atoms with E-state index in [1.165, 1.54) is 54.4 Å². The topological polar surface area (TPSA) is 29.0 Å². The monoisotopic (exact) mass is 399 g/mol. The van der Waals surface area contributed by atoms with E-state index in [2.05, 4.69) is 52.3 Å². The minimum absolute atomic E-state index is 0.339. The van der Waals surface area contributed by atoms with Gasteiger partial charge in [0.05, 0.1) is 5.39 Å². The van der Waals surface area contributed by atoms with Crippen LogP contribution in [0.1, 0.15) is 50.7 Å². The SMILES string of the molecule is CCCCN(CC)c1nc(Cl)nc2scc(-c3ccc4c(c3)CCCC4)c12. The molecule has 0 N–H and O–H groups in total. The lowest BCUT2D eigenvalue weighted by atomic mass is 9.89. The predicted octanol–water partition coefficient (Wildman–Crippen LogP) is 6.52. The maximum atomic E-state index is 6.27. The summed E-state index contributed by atoms with van der Waals surface area (Å²) in [7, 11) is 0. The Morgan fingerprint density at radius 3 is 2.70 bits per heavy atom. The van der Waals surface area contributed by atoms with Crippen LogP contribution in [-0.2, 0) is 12.8 Å². The second kappa shape index (κ2) is 8.15. The first-order valence-corrected chi connectivity index (χ1v) is 11.3. The summed E-state index contributed by atoms with van der Waals surface area (Å²) in [6.07, 6.45) is 7.33. The third kappa shape index (κ3) is 3.70. The first-order valence-electron chi connectivity index (χ1n) is 10.0. The zero-order chi connectivity index (χ0) is 18.8. The second-order valence-electron chi connectivity index (χ2n) is 7.27. The van der Waals surface area contributed by atoms with Crippen molar-refractivity contribution in [1.29, 1.82) is 0 Å². The van der Waals surface area contributed by atoms with E-state index in [-0.39, 0.29) is 0 Å². The molecule has 1 aliphatic rings. The number of hydrogen-bond acceptors (Lipinski definition) is 4. The number of aromatic nitrogens is 2. The Morgan fingerprint density at radius 2 is 1.93 bits per heavy atom. The van der Waals surface area contributed by atoms with E-state index in [0.29, 0.717) is 5.28 Å². The van der Waals surface area contributed by atoms with E-state index in [9.17, 15) is 0 Å². The van der Waals surface area contributed by atoms with Gasteiger partial charge in [-0.2, -0.15) is 4.98 Å². The molecule has 0 unspecified atom stereocenters. The van der Waals surface area contributed by atoms with Crippen molar-refractivity contribution in [2.45, 2.75) is 52.4 Å². The van der Waals surface area contributed by atoms with E-state index in [0.717, 1.165) is 35.5 Å². The van der Waals surface area contributed by atoms with Crippen molar-refractivity contribution >= 4 is 39.0 Å². The van der Waals surface area contributed by atoms with Gasteiger partial charge in [-0.1, -0.05) is 31.5 Å². The van der Waals surface area contributed by atoms with Crippen LogP contribution >= 0.6 is 22.9 Å². The highest BCUT2D eigenvalue weighted by atomic mass is 35.5. The standard InChI is InChI=1S/C22H26ClN3S/c1-3-5-12-26(4-2)20-19-18(14-27-21(19)25-22(23)24-20)17-11-10-15-8-6-7-9-16(15)13-17/h10-11,13-14H,3-9,12H2,1-2H3. The molecule has 27 heavy (non-hydrogen) atoms. The number of nitrogens with zero attached hydrogens (tertiary/aromatic N) is 3. The van der Waals surface area contributed by atoms with Crippen LogP contribution in [0.15, 0.2) is 23.6 Å². The summed E-state index contributed by atoms with van der Waals surface area (Å²) in [4.78, 5) is 12.5. The number of aryl methyl sites for hydroxylation is 2. The van der Waals surface area contributed by atoms with Crippen molar-refractivity contribution in [1.82, 2.24) is 9.97 Å². The van der Waals surface area contributed by atoms with Crippen molar-refractivity contribution in [3.05, 3.63) is 40.0 Å². The number of rotatable bonds is 6. The number of thiophene rings is 1. The Hall–Kier alpha value is -1.65. The average Bonchev–Trinajstić information content (AvgIpc) is 3.11. The van der Waals surface area contributed by atoms with Crippen LogP contribution in [0.25, 0.3) is 21.3 Å². The molecular formula is C22H26ClN3S. The summed E-state index contributed by atoms with van der Waals surface area (Å²) in [5, 5.41) is 3.71. The van der Waals surface area contributed by atoms with Crippen LogP contribution in [0.5, 0.6) is 0 Å². The molecule has 0 saturated carbocycles. The molecular weight excluding hydrogens is 374 g/mol. The summed E-state index contributed by atoms with van der Waals surface area (Å²) >= 11 is 7.93. The van der Waals surface area contributed by atoms with Crippen LogP contribution < -0.4 is 4.90 Å². The molecule has 0 amide bonds. The minimum Gasteiger partial charge on any atom is -0.356 e. The summed E-state index contributed by atoms with van der Waals surface area (Å²) in [5.74, 6) is 0.981. The molecule has 4 rings (SSSR count). The molecule has 0 spiro atoms. The summed E-state index contributed by atoms with van der Waals surface area (Å²) in [5.41, 5.74) is 5.54. The van der Waals surface area contributed by atoms with E-state index in [4.69, 9.17) is 11.6 Å². The number of halogens is 1. The van der Waals surface area contributed by atoms with E-state index < -0.39 is 0 Å². The molecule has 3 aromatic rings. The molecule has 0 fully saturated rings. The second-order valence-corrected chi connectivity index (χ2v) is 8.47.